The maximum absolute atomic E-state index is 6.88. The van der Waals surface area contributed by atoms with Crippen LogP contribution >= 0.6 is 0 Å². The SMILES string of the molecule is CN1C(c2ccccc2)=NC(c2ccccc2)=NC1c1ccc2c(c1)oc1c(-c3ccc4oc5cccc(N6c7ccccc7C7C=CC=CC76C)c5c4c3)cccc12. The average Bonchev–Trinajstić information content (AvgIpc) is 3.94. The molecule has 0 radical (unpaired) electrons. The first kappa shape index (κ1) is 33.7. The lowest BCUT2D eigenvalue weighted by atomic mass is 9.80. The molecule has 0 amide bonds. The van der Waals surface area contributed by atoms with Gasteiger partial charge >= 0.3 is 0 Å². The highest BCUT2D eigenvalue weighted by atomic mass is 16.3. The summed E-state index contributed by atoms with van der Waals surface area (Å²) in [5.74, 6) is 1.82. The number of hydrogen-bond acceptors (Lipinski definition) is 6. The number of amidine groups is 2. The van der Waals surface area contributed by atoms with Crippen LogP contribution in [0.25, 0.3) is 55.0 Å². The minimum absolute atomic E-state index is 0.245. The lowest BCUT2D eigenvalue weighted by molar-refractivity contribution is 0.383. The number of hydrogen-bond donors (Lipinski definition) is 0. The van der Waals surface area contributed by atoms with Crippen LogP contribution in [0, 0.1) is 0 Å². The van der Waals surface area contributed by atoms with E-state index in [1.54, 1.807) is 0 Å². The van der Waals surface area contributed by atoms with Crippen molar-refractivity contribution >= 4 is 66.9 Å². The van der Waals surface area contributed by atoms with Gasteiger partial charge in [-0.15, -0.1) is 0 Å². The van der Waals surface area contributed by atoms with Crippen molar-refractivity contribution in [3.8, 4) is 11.1 Å². The van der Waals surface area contributed by atoms with E-state index in [0.717, 1.165) is 83.2 Å². The maximum atomic E-state index is 6.88. The zero-order chi connectivity index (χ0) is 39.2. The predicted octanol–water partition coefficient (Wildman–Crippen LogP) is 13.1. The maximum Gasteiger partial charge on any atom is 0.159 e. The zero-order valence-corrected chi connectivity index (χ0v) is 32.6. The number of furan rings is 2. The van der Waals surface area contributed by atoms with E-state index in [1.807, 2.05) is 36.4 Å². The van der Waals surface area contributed by atoms with Crippen LogP contribution < -0.4 is 4.90 Å². The molecule has 9 aromatic rings. The molecule has 0 N–H and O–H groups in total. The topological polar surface area (TPSA) is 57.5 Å². The third kappa shape index (κ3) is 5.06. The molecule has 6 nitrogen and oxygen atoms in total. The van der Waals surface area contributed by atoms with E-state index in [9.17, 15) is 0 Å². The first-order chi connectivity index (χ1) is 29.0. The van der Waals surface area contributed by atoms with Gasteiger partial charge in [-0.05, 0) is 54.4 Å². The van der Waals surface area contributed by atoms with E-state index in [1.165, 1.54) is 11.3 Å². The molecule has 1 aliphatic carbocycles. The van der Waals surface area contributed by atoms with Crippen molar-refractivity contribution < 1.29 is 8.83 Å². The molecule has 0 saturated heterocycles. The Kier molecular flexibility index (Phi) is 7.30. The smallest absolute Gasteiger partial charge is 0.159 e. The molecule has 2 aromatic heterocycles. The summed E-state index contributed by atoms with van der Waals surface area (Å²) in [6.07, 6.45) is 8.72. The summed E-state index contributed by atoms with van der Waals surface area (Å²) in [6, 6.07) is 55.2. The minimum atomic E-state index is -0.304. The summed E-state index contributed by atoms with van der Waals surface area (Å²) >= 11 is 0. The van der Waals surface area contributed by atoms with E-state index >= 15 is 0 Å². The Morgan fingerprint density at radius 1 is 0.593 bits per heavy atom. The van der Waals surface area contributed by atoms with Gasteiger partial charge in [-0.2, -0.15) is 0 Å². The number of benzene rings is 7. The monoisotopic (exact) mass is 762 g/mol. The highest BCUT2D eigenvalue weighted by molar-refractivity contribution is 6.16. The number of rotatable bonds is 5. The lowest BCUT2D eigenvalue weighted by Crippen LogP contribution is -2.42. The summed E-state index contributed by atoms with van der Waals surface area (Å²) in [6.45, 7) is 2.34. The number of aliphatic imine (C=N–C) groups is 2. The van der Waals surface area contributed by atoms with Crippen LogP contribution in [0.5, 0.6) is 0 Å². The summed E-state index contributed by atoms with van der Waals surface area (Å²) in [7, 11) is 2.06. The Balaban J connectivity index is 0.979. The summed E-state index contributed by atoms with van der Waals surface area (Å²) in [4.78, 5) is 15.0. The number of fused-ring (bicyclic) bond motifs is 9. The molecule has 3 atom stereocenters. The van der Waals surface area contributed by atoms with Crippen LogP contribution in [0.4, 0.5) is 11.4 Å². The molecule has 7 aromatic carbocycles. The van der Waals surface area contributed by atoms with Crippen LogP contribution in [0.1, 0.15) is 41.3 Å². The van der Waals surface area contributed by atoms with Gasteiger partial charge in [0.1, 0.15) is 28.2 Å². The standard InChI is InChI=1S/C53H38N4O2/c1-53-30-12-11-22-42(53)40-19-9-10-23-43(40)57(53)44-24-14-25-46-48(44)41-31-35(27-29-45(41)58-46)37-20-13-21-39-38-28-26-36(32-47(38)59-49(37)39)52-55-50(33-15-5-3-6-16-33)54-51(56(52)2)34-17-7-4-8-18-34/h3-32,42,52H,1-2H3. The van der Waals surface area contributed by atoms with Crippen LogP contribution in [-0.2, 0) is 0 Å². The van der Waals surface area contributed by atoms with Crippen molar-refractivity contribution in [3.05, 3.63) is 204 Å². The van der Waals surface area contributed by atoms with Gasteiger partial charge in [-0.1, -0.05) is 146 Å². The highest BCUT2D eigenvalue weighted by Gasteiger charge is 2.47. The van der Waals surface area contributed by atoms with Crippen molar-refractivity contribution in [2.24, 2.45) is 9.98 Å². The third-order valence-corrected chi connectivity index (χ3v) is 12.5. The van der Waals surface area contributed by atoms with Crippen molar-refractivity contribution in [2.75, 3.05) is 11.9 Å². The molecule has 3 aliphatic rings. The molecule has 0 bridgehead atoms. The normalized spacial score (nSPS) is 19.8. The summed E-state index contributed by atoms with van der Waals surface area (Å²) < 4.78 is 13.5. The number of nitrogens with zero attached hydrogens (tertiary/aromatic N) is 4. The second-order valence-corrected chi connectivity index (χ2v) is 15.9. The fourth-order valence-corrected chi connectivity index (χ4v) is 9.73. The quantitative estimate of drug-likeness (QED) is 0.175. The Bertz CT molecular complexity index is 3280. The fraction of sp³-hybridized carbons (Fsp3) is 0.0943. The molecular weight excluding hydrogens is 725 g/mol. The second-order valence-electron chi connectivity index (χ2n) is 15.9. The van der Waals surface area contributed by atoms with E-state index in [4.69, 9.17) is 18.8 Å². The first-order valence-corrected chi connectivity index (χ1v) is 20.2. The van der Waals surface area contributed by atoms with Gasteiger partial charge in [0.2, 0.25) is 0 Å². The van der Waals surface area contributed by atoms with Crippen molar-refractivity contribution in [1.82, 2.24) is 4.90 Å². The van der Waals surface area contributed by atoms with Crippen molar-refractivity contribution in [3.63, 3.8) is 0 Å². The molecule has 12 rings (SSSR count). The fourth-order valence-electron chi connectivity index (χ4n) is 9.73. The van der Waals surface area contributed by atoms with Crippen molar-refractivity contribution in [2.45, 2.75) is 24.5 Å². The van der Waals surface area contributed by atoms with E-state index in [2.05, 4.69) is 169 Å². The molecular formula is C53H38N4O2. The van der Waals surface area contributed by atoms with E-state index in [-0.39, 0.29) is 17.6 Å². The number of anilines is 2. The summed E-state index contributed by atoms with van der Waals surface area (Å²) in [5, 5.41) is 4.32. The van der Waals surface area contributed by atoms with Crippen LogP contribution in [0.15, 0.2) is 201 Å². The van der Waals surface area contributed by atoms with Crippen molar-refractivity contribution in [1.29, 1.82) is 0 Å². The predicted molar refractivity (Wildman–Crippen MR) is 241 cm³/mol. The number of allylic oxidation sites excluding steroid dienone is 2. The molecule has 2 aliphatic heterocycles. The molecule has 282 valence electrons. The van der Waals surface area contributed by atoms with Crippen LogP contribution in [0.3, 0.4) is 0 Å². The van der Waals surface area contributed by atoms with E-state index < -0.39 is 0 Å². The van der Waals surface area contributed by atoms with Gasteiger partial charge in [0.05, 0.1) is 16.6 Å². The van der Waals surface area contributed by atoms with Gasteiger partial charge < -0.3 is 18.6 Å². The molecule has 4 heterocycles. The Morgan fingerprint density at radius 2 is 1.37 bits per heavy atom. The Hall–Kier alpha value is -7.44. The summed E-state index contributed by atoms with van der Waals surface area (Å²) in [5.41, 5.74) is 12.0. The molecule has 0 spiro atoms. The molecule has 0 saturated carbocycles. The Morgan fingerprint density at radius 3 is 2.24 bits per heavy atom. The zero-order valence-electron chi connectivity index (χ0n) is 32.6. The third-order valence-electron chi connectivity index (χ3n) is 12.5. The lowest BCUT2D eigenvalue weighted by Gasteiger charge is -2.39. The van der Waals surface area contributed by atoms with E-state index in [0.29, 0.717) is 5.84 Å². The first-order valence-electron chi connectivity index (χ1n) is 20.2. The largest absolute Gasteiger partial charge is 0.456 e. The molecule has 59 heavy (non-hydrogen) atoms. The van der Waals surface area contributed by atoms with Gasteiger partial charge in [-0.3, -0.25) is 0 Å². The Labute approximate surface area is 341 Å². The van der Waals surface area contributed by atoms with Crippen LogP contribution in [0.2, 0.25) is 0 Å². The molecule has 6 heteroatoms. The minimum Gasteiger partial charge on any atom is -0.456 e. The van der Waals surface area contributed by atoms with Gasteiger partial charge in [0.25, 0.3) is 0 Å². The molecule has 0 fully saturated rings. The van der Waals surface area contributed by atoms with Gasteiger partial charge in [-0.25, -0.2) is 9.98 Å². The van der Waals surface area contributed by atoms with Gasteiger partial charge in [0.15, 0.2) is 12.0 Å². The average molecular weight is 763 g/mol. The molecule has 3 unspecified atom stereocenters. The number of para-hydroxylation sites is 2. The van der Waals surface area contributed by atoms with Crippen LogP contribution in [-0.4, -0.2) is 29.2 Å². The second kappa shape index (κ2) is 12.8. The van der Waals surface area contributed by atoms with Gasteiger partial charge in [0, 0.05) is 57.1 Å². The highest BCUT2D eigenvalue weighted by Crippen LogP contribution is 2.55.